The quantitative estimate of drug-likeness (QED) is 0.447. The van der Waals surface area contributed by atoms with Gasteiger partial charge in [-0.25, -0.2) is 0 Å². The van der Waals surface area contributed by atoms with E-state index in [-0.39, 0.29) is 11.4 Å². The lowest BCUT2D eigenvalue weighted by molar-refractivity contribution is -0.393. The Morgan fingerprint density at radius 1 is 1.21 bits per heavy atom. The Bertz CT molecular complexity index is 467. The van der Waals surface area contributed by atoms with Crippen LogP contribution in [-0.2, 0) is 0 Å². The molecule has 0 atom stereocenters. The minimum Gasteiger partial charge on any atom is -0.379 e. The van der Waals surface area contributed by atoms with E-state index in [0.717, 1.165) is 24.7 Å². The van der Waals surface area contributed by atoms with Gasteiger partial charge in [0, 0.05) is 12.6 Å². The van der Waals surface area contributed by atoms with E-state index in [1.165, 1.54) is 12.1 Å². The van der Waals surface area contributed by atoms with Crippen LogP contribution in [0.15, 0.2) is 18.2 Å². The lowest BCUT2D eigenvalue weighted by Gasteiger charge is -2.06. The molecule has 0 aromatic heterocycles. The van der Waals surface area contributed by atoms with Crippen molar-refractivity contribution in [3.05, 3.63) is 38.4 Å². The number of rotatable bonds is 8. The van der Waals surface area contributed by atoms with Crippen molar-refractivity contribution in [3.8, 4) is 0 Å². The van der Waals surface area contributed by atoms with Crippen molar-refractivity contribution in [1.29, 1.82) is 0 Å². The normalized spacial score (nSPS) is 10.2. The van der Waals surface area contributed by atoms with Crippen molar-refractivity contribution in [3.63, 3.8) is 0 Å². The molecule has 0 fully saturated rings. The van der Waals surface area contributed by atoms with Crippen LogP contribution in [-0.4, -0.2) is 28.4 Å². The largest absolute Gasteiger partial charge is 0.379 e. The van der Waals surface area contributed by atoms with E-state index >= 15 is 0 Å². The molecule has 1 aromatic carbocycles. The Labute approximate surface area is 114 Å². The fourth-order valence-electron chi connectivity index (χ4n) is 1.53. The van der Waals surface area contributed by atoms with Gasteiger partial charge in [0.05, 0.1) is 15.9 Å². The first-order chi connectivity index (χ1) is 9.06. The Morgan fingerprint density at radius 2 is 1.95 bits per heavy atom. The Balaban J connectivity index is 2.71. The summed E-state index contributed by atoms with van der Waals surface area (Å²) < 4.78 is 0. The van der Waals surface area contributed by atoms with E-state index in [4.69, 9.17) is 0 Å². The van der Waals surface area contributed by atoms with Gasteiger partial charge in [-0.05, 0) is 30.9 Å². The number of nitro groups is 2. The van der Waals surface area contributed by atoms with Crippen molar-refractivity contribution < 1.29 is 9.85 Å². The monoisotopic (exact) mass is 285 g/mol. The maximum absolute atomic E-state index is 10.9. The van der Waals surface area contributed by atoms with E-state index in [0.29, 0.717) is 12.2 Å². The highest BCUT2D eigenvalue weighted by Gasteiger charge is 2.18. The first-order valence-corrected chi connectivity index (χ1v) is 7.11. The first-order valence-electron chi connectivity index (χ1n) is 5.72. The van der Waals surface area contributed by atoms with Crippen LogP contribution in [0.1, 0.15) is 12.8 Å². The molecule has 0 aliphatic carbocycles. The first kappa shape index (κ1) is 15.2. The molecule has 1 N–H and O–H groups in total. The smallest absolute Gasteiger partial charge is 0.299 e. The number of anilines is 1. The number of hydrogen-bond acceptors (Lipinski definition) is 6. The number of nitrogens with one attached hydrogen (secondary N) is 1. The van der Waals surface area contributed by atoms with Crippen LogP contribution in [0.25, 0.3) is 0 Å². The van der Waals surface area contributed by atoms with Crippen molar-refractivity contribution in [2.24, 2.45) is 0 Å². The molecule has 7 nitrogen and oxygen atoms in total. The van der Waals surface area contributed by atoms with Gasteiger partial charge in [0.15, 0.2) is 0 Å². The van der Waals surface area contributed by atoms with Crippen molar-refractivity contribution >= 4 is 28.8 Å². The Kier molecular flexibility index (Phi) is 6.07. The molecule has 0 radical (unpaired) electrons. The zero-order chi connectivity index (χ0) is 14.3. The second-order valence-corrected chi connectivity index (χ2v) is 4.83. The van der Waals surface area contributed by atoms with Gasteiger partial charge >= 0.3 is 0 Å². The maximum atomic E-state index is 10.9. The number of unbranched alkanes of at least 4 members (excludes halogenated alkanes) is 1. The van der Waals surface area contributed by atoms with Crippen molar-refractivity contribution in [2.45, 2.75) is 12.8 Å². The zero-order valence-corrected chi connectivity index (χ0v) is 11.3. The number of nitrogens with zero attached hydrogens (tertiary/aromatic N) is 2. The van der Waals surface area contributed by atoms with Crippen LogP contribution < -0.4 is 5.32 Å². The molecule has 0 amide bonds. The van der Waals surface area contributed by atoms with Crippen LogP contribution in [0.4, 0.5) is 17.1 Å². The zero-order valence-electron chi connectivity index (χ0n) is 10.5. The third-order valence-electron chi connectivity index (χ3n) is 2.48. The Morgan fingerprint density at radius 3 is 2.53 bits per heavy atom. The number of non-ortho nitro benzene ring substituents is 1. The lowest BCUT2D eigenvalue weighted by atomic mass is 10.2. The van der Waals surface area contributed by atoms with Crippen molar-refractivity contribution in [2.75, 3.05) is 23.9 Å². The van der Waals surface area contributed by atoms with Gasteiger partial charge < -0.3 is 5.32 Å². The van der Waals surface area contributed by atoms with E-state index in [2.05, 4.69) is 5.32 Å². The van der Waals surface area contributed by atoms with E-state index in [1.807, 2.05) is 6.26 Å². The highest BCUT2D eigenvalue weighted by molar-refractivity contribution is 7.98. The van der Waals surface area contributed by atoms with Crippen LogP contribution in [0.2, 0.25) is 0 Å². The highest BCUT2D eigenvalue weighted by atomic mass is 32.2. The summed E-state index contributed by atoms with van der Waals surface area (Å²) in [7, 11) is 0. The summed E-state index contributed by atoms with van der Waals surface area (Å²) in [6.07, 6.45) is 3.94. The molecule has 0 unspecified atom stereocenters. The molecule has 0 saturated carbocycles. The molecular weight excluding hydrogens is 270 g/mol. The predicted octanol–water partition coefficient (Wildman–Crippen LogP) is 3.06. The van der Waals surface area contributed by atoms with Crippen LogP contribution in [0.5, 0.6) is 0 Å². The fraction of sp³-hybridized carbons (Fsp3) is 0.455. The molecule has 0 aliphatic heterocycles. The summed E-state index contributed by atoms with van der Waals surface area (Å²) in [6, 6.07) is 3.62. The number of thioether (sulfide) groups is 1. The molecule has 0 spiro atoms. The average Bonchev–Trinajstić information content (AvgIpc) is 2.38. The van der Waals surface area contributed by atoms with Gasteiger partial charge in [-0.1, -0.05) is 0 Å². The molecule has 0 bridgehead atoms. The summed E-state index contributed by atoms with van der Waals surface area (Å²) in [6.45, 7) is 0.610. The highest BCUT2D eigenvalue weighted by Crippen LogP contribution is 2.28. The summed E-state index contributed by atoms with van der Waals surface area (Å²) >= 11 is 1.75. The Hall–Kier alpha value is -1.83. The van der Waals surface area contributed by atoms with Crippen LogP contribution in [0, 0.1) is 20.2 Å². The summed E-state index contributed by atoms with van der Waals surface area (Å²) in [5, 5.41) is 24.4. The average molecular weight is 285 g/mol. The molecule has 1 rings (SSSR count). The number of benzene rings is 1. The maximum Gasteiger partial charge on any atom is 0.299 e. The topological polar surface area (TPSA) is 98.3 Å². The predicted molar refractivity (Wildman–Crippen MR) is 75.9 cm³/mol. The summed E-state index contributed by atoms with van der Waals surface area (Å²) in [5.41, 5.74) is -0.224. The van der Waals surface area contributed by atoms with Gasteiger partial charge in [0.2, 0.25) is 0 Å². The fourth-order valence-corrected chi connectivity index (χ4v) is 2.02. The molecule has 8 heteroatoms. The van der Waals surface area contributed by atoms with Crippen LogP contribution >= 0.6 is 11.8 Å². The van der Waals surface area contributed by atoms with Gasteiger partial charge in [-0.3, -0.25) is 20.2 Å². The van der Waals surface area contributed by atoms with E-state index < -0.39 is 9.85 Å². The van der Waals surface area contributed by atoms with Crippen molar-refractivity contribution in [1.82, 2.24) is 0 Å². The molecular formula is C11H15N3O4S. The van der Waals surface area contributed by atoms with E-state index in [9.17, 15) is 20.2 Å². The molecule has 0 saturated heterocycles. The standard InChI is InChI=1S/C11H15N3O4S/c1-19-7-3-2-6-12-10-5-4-9(13(15)16)8-11(10)14(17)18/h4-5,8,12H,2-3,6-7H2,1H3. The van der Waals surface area contributed by atoms with Gasteiger partial charge in [0.25, 0.3) is 11.4 Å². The molecule has 0 aliphatic rings. The summed E-state index contributed by atoms with van der Waals surface area (Å²) in [4.78, 5) is 20.2. The minimum absolute atomic E-state index is 0.265. The number of nitro benzene ring substituents is 2. The SMILES string of the molecule is CSCCCCNc1ccc([N+](=O)[O-])cc1[N+](=O)[O-]. The number of hydrogen-bond donors (Lipinski definition) is 1. The second-order valence-electron chi connectivity index (χ2n) is 3.84. The second kappa shape index (κ2) is 7.57. The molecule has 19 heavy (non-hydrogen) atoms. The van der Waals surface area contributed by atoms with Gasteiger partial charge in [0.1, 0.15) is 5.69 Å². The lowest BCUT2D eigenvalue weighted by Crippen LogP contribution is -2.05. The minimum atomic E-state index is -0.644. The molecule has 0 heterocycles. The molecule has 1 aromatic rings. The third kappa shape index (κ3) is 4.74. The third-order valence-corrected chi connectivity index (χ3v) is 3.18. The molecule has 104 valence electrons. The van der Waals surface area contributed by atoms with Gasteiger partial charge in [-0.15, -0.1) is 0 Å². The van der Waals surface area contributed by atoms with E-state index in [1.54, 1.807) is 11.8 Å². The summed E-state index contributed by atoms with van der Waals surface area (Å²) in [5.74, 6) is 1.05. The van der Waals surface area contributed by atoms with Crippen LogP contribution in [0.3, 0.4) is 0 Å². The van der Waals surface area contributed by atoms with Gasteiger partial charge in [-0.2, -0.15) is 11.8 Å².